The minimum atomic E-state index is 1.15. The third-order valence-electron chi connectivity index (χ3n) is 30.4. The second-order valence-electron chi connectivity index (χ2n) is 38.7. The zero-order valence-corrected chi connectivity index (χ0v) is 80.5. The fraction of sp³-hybridized carbons (Fsp3) is 0.0143. The summed E-state index contributed by atoms with van der Waals surface area (Å²) in [5.74, 6) is 0. The minimum absolute atomic E-state index is 1.15. The van der Waals surface area contributed by atoms with Crippen molar-refractivity contribution in [3.05, 3.63) is 545 Å². The van der Waals surface area contributed by atoms with Gasteiger partial charge in [0.05, 0.1) is 66.2 Å². The van der Waals surface area contributed by atoms with E-state index in [4.69, 9.17) is 0 Å². The fourth-order valence-corrected chi connectivity index (χ4v) is 23.4. The maximum atomic E-state index is 2.41. The van der Waals surface area contributed by atoms with Crippen LogP contribution in [0.5, 0.6) is 0 Å². The van der Waals surface area contributed by atoms with Crippen molar-refractivity contribution in [2.24, 2.45) is 0 Å². The van der Waals surface area contributed by atoms with Crippen LogP contribution < -0.4 is 0 Å². The van der Waals surface area contributed by atoms with Gasteiger partial charge in [0.2, 0.25) is 0 Å². The van der Waals surface area contributed by atoms with Crippen LogP contribution in [0.3, 0.4) is 0 Å². The van der Waals surface area contributed by atoms with Gasteiger partial charge in [0.15, 0.2) is 0 Å². The Hall–Kier alpha value is -19.1. The molecule has 6 heterocycles. The molecule has 0 bridgehead atoms. The zero-order chi connectivity index (χ0) is 96.6. The number of benzene rings is 23. The average Bonchev–Trinajstić information content (AvgIpc) is 1.57. The molecule has 29 aromatic rings. The molecule has 6 heteroatoms. The van der Waals surface area contributed by atoms with Crippen molar-refractivity contribution in [1.82, 2.24) is 27.4 Å². The van der Waals surface area contributed by atoms with Gasteiger partial charge in [0, 0.05) is 98.8 Å². The van der Waals surface area contributed by atoms with Crippen molar-refractivity contribution in [1.29, 1.82) is 0 Å². The molecule has 29 rings (SSSR count). The van der Waals surface area contributed by atoms with Gasteiger partial charge in [0.25, 0.3) is 0 Å². The number of hydrogen-bond donors (Lipinski definition) is 0. The van der Waals surface area contributed by atoms with E-state index in [0.29, 0.717) is 0 Å². The van der Waals surface area contributed by atoms with Gasteiger partial charge in [-0.3, -0.25) is 0 Å². The highest BCUT2D eigenvalue weighted by Gasteiger charge is 2.23. The predicted octanol–water partition coefficient (Wildman–Crippen LogP) is 37.6. The Balaban J connectivity index is 0.000000145. The summed E-state index contributed by atoms with van der Waals surface area (Å²) in [4.78, 5) is 0. The van der Waals surface area contributed by atoms with Crippen LogP contribution in [0.15, 0.2) is 534 Å². The topological polar surface area (TPSA) is 29.6 Å². The van der Waals surface area contributed by atoms with Crippen LogP contribution in [0.25, 0.3) is 265 Å². The maximum Gasteiger partial charge on any atom is 0.0541 e. The average molecular weight is 1860 g/mol. The highest BCUT2D eigenvalue weighted by Crippen LogP contribution is 2.46. The van der Waals surface area contributed by atoms with Gasteiger partial charge in [0.1, 0.15) is 0 Å². The van der Waals surface area contributed by atoms with Gasteiger partial charge in [-0.15, -0.1) is 0 Å². The van der Waals surface area contributed by atoms with Gasteiger partial charge in [-0.2, -0.15) is 0 Å². The molecular formula is C140H94N6. The largest absolute Gasteiger partial charge is 0.309 e. The highest BCUT2D eigenvalue weighted by atomic mass is 15.0. The first-order valence-electron chi connectivity index (χ1n) is 50.4. The van der Waals surface area contributed by atoms with Crippen molar-refractivity contribution in [3.63, 3.8) is 0 Å². The number of para-hydroxylation sites is 12. The van der Waals surface area contributed by atoms with Gasteiger partial charge in [-0.25, -0.2) is 0 Å². The lowest BCUT2D eigenvalue weighted by atomic mass is 9.90. The lowest BCUT2D eigenvalue weighted by molar-refractivity contribution is 1.17. The Kier molecular flexibility index (Phi) is 20.3. The SMILES string of the molecule is Cc1cc(-n2c3ccccc3c3ccccc32)ccc1-c1cc(-c2ccc(-n3c4ccccc4c4ccccc43)cc2)cc(-c2ccc(-n3c4ccccc4c4ccccc43)cc2C)c1.c1ccc2c(c1)c1ccccc1n2-c1ccc(-c2ccc(-c3cc(-c4ccc(-c5ccc(-n6c7ccccc7c7ccccc76)cc5)cc4)cc(-c4ccc(-c5ccc(-n6c7ccccc7c7ccccc76)cc5)cc4)c3)cc2)cc1. The summed E-state index contributed by atoms with van der Waals surface area (Å²) in [6.45, 7) is 4.51. The number of aryl methyl sites for hydroxylation is 2. The molecule has 0 aliphatic carbocycles. The monoisotopic (exact) mass is 1860 g/mol. The van der Waals surface area contributed by atoms with Crippen LogP contribution in [0.2, 0.25) is 0 Å². The van der Waals surface area contributed by atoms with Crippen molar-refractivity contribution in [2.45, 2.75) is 13.8 Å². The van der Waals surface area contributed by atoms with Crippen LogP contribution in [0.1, 0.15) is 11.1 Å². The van der Waals surface area contributed by atoms with E-state index in [1.165, 1.54) is 242 Å². The van der Waals surface area contributed by atoms with Crippen molar-refractivity contribution in [3.8, 4) is 134 Å². The van der Waals surface area contributed by atoms with Crippen LogP contribution in [-0.4, -0.2) is 27.4 Å². The molecule has 0 atom stereocenters. The third-order valence-corrected chi connectivity index (χ3v) is 30.4. The molecule has 6 aromatic heterocycles. The number of hydrogen-bond acceptors (Lipinski definition) is 0. The Morgan fingerprint density at radius 1 is 0.103 bits per heavy atom. The summed E-state index contributed by atoms with van der Waals surface area (Å²) in [5.41, 5.74) is 45.3. The normalized spacial score (nSPS) is 11.8. The van der Waals surface area contributed by atoms with E-state index in [1.807, 2.05) is 0 Å². The third kappa shape index (κ3) is 14.4. The molecule has 0 saturated heterocycles. The second-order valence-corrected chi connectivity index (χ2v) is 38.7. The van der Waals surface area contributed by atoms with Crippen molar-refractivity contribution >= 4 is 131 Å². The fourth-order valence-electron chi connectivity index (χ4n) is 23.4. The number of rotatable bonds is 15. The van der Waals surface area contributed by atoms with Crippen LogP contribution >= 0.6 is 0 Å². The number of fused-ring (bicyclic) bond motifs is 18. The molecule has 0 aliphatic heterocycles. The standard InChI is InChI=1S/C78H51N3.C62H43N3/c1-7-19-73-67(13-1)68-14-2-8-20-74(68)79(73)64-43-37-55(38-44-64)52-25-31-58(32-26-52)61-49-62(59-33-27-53(28-34-59)56-39-45-65(46-40-56)80-75-21-9-3-15-69(75)70-16-4-10-22-76(70)80)51-63(50-61)60-35-29-54(30-36-60)57-41-47-66(48-42-57)81-77-23-11-5-17-71(77)72-18-6-12-24-78(72)81;1-40-35-47(64-59-23-11-5-17-53(59)54-18-6-12-24-60(54)64)31-33-49(40)44-37-43(42-27-29-46(30-28-42)63-57-21-9-3-15-51(57)52-16-4-10-22-58(52)63)38-45(39-44)50-34-32-48(36-41(50)2)65-61-25-13-7-19-55(61)56-20-8-14-26-62(56)65/h1-51H;3-39H,1-2H3. The van der Waals surface area contributed by atoms with E-state index < -0.39 is 0 Å². The molecule has 0 spiro atoms. The molecule has 6 nitrogen and oxygen atoms in total. The Morgan fingerprint density at radius 3 is 0.390 bits per heavy atom. The molecule has 0 N–H and O–H groups in total. The van der Waals surface area contributed by atoms with Gasteiger partial charge in [-0.05, 0) is 307 Å². The molecule has 0 saturated carbocycles. The molecule has 146 heavy (non-hydrogen) atoms. The van der Waals surface area contributed by atoms with E-state index in [2.05, 4.69) is 575 Å². The summed E-state index contributed by atoms with van der Waals surface area (Å²) < 4.78 is 14.3. The minimum Gasteiger partial charge on any atom is -0.309 e. The molecule has 23 aromatic carbocycles. The van der Waals surface area contributed by atoms with Crippen molar-refractivity contribution < 1.29 is 0 Å². The van der Waals surface area contributed by atoms with Gasteiger partial charge < -0.3 is 27.4 Å². The first-order chi connectivity index (χ1) is 72.2. The molecule has 0 unspecified atom stereocenters. The van der Waals surface area contributed by atoms with Crippen LogP contribution in [0.4, 0.5) is 0 Å². The second kappa shape index (κ2) is 35.0. The Morgan fingerprint density at radius 2 is 0.226 bits per heavy atom. The molecule has 0 amide bonds. The molecule has 0 radical (unpaired) electrons. The van der Waals surface area contributed by atoms with Crippen LogP contribution in [0, 0.1) is 13.8 Å². The van der Waals surface area contributed by atoms with E-state index in [0.717, 1.165) is 34.1 Å². The van der Waals surface area contributed by atoms with Gasteiger partial charge in [-0.1, -0.05) is 352 Å². The zero-order valence-electron chi connectivity index (χ0n) is 80.5. The van der Waals surface area contributed by atoms with Crippen LogP contribution in [-0.2, 0) is 0 Å². The Labute approximate surface area is 845 Å². The van der Waals surface area contributed by atoms with Gasteiger partial charge >= 0.3 is 0 Å². The highest BCUT2D eigenvalue weighted by molar-refractivity contribution is 6.15. The lowest BCUT2D eigenvalue weighted by Gasteiger charge is -2.17. The van der Waals surface area contributed by atoms with Crippen molar-refractivity contribution in [2.75, 3.05) is 0 Å². The summed E-state index contributed by atoms with van der Waals surface area (Å²) in [6.07, 6.45) is 0. The van der Waals surface area contributed by atoms with E-state index in [1.54, 1.807) is 0 Å². The lowest BCUT2D eigenvalue weighted by Crippen LogP contribution is -1.97. The van der Waals surface area contributed by atoms with E-state index >= 15 is 0 Å². The summed E-state index contributed by atoms with van der Waals surface area (Å²) in [5, 5.41) is 15.2. The maximum absolute atomic E-state index is 2.41. The summed E-state index contributed by atoms with van der Waals surface area (Å²) in [7, 11) is 0. The summed E-state index contributed by atoms with van der Waals surface area (Å²) in [6, 6.07) is 196. The number of nitrogens with zero attached hydrogens (tertiary/aromatic N) is 6. The molecule has 684 valence electrons. The first kappa shape index (κ1) is 84.9. The summed E-state index contributed by atoms with van der Waals surface area (Å²) >= 11 is 0. The quantitative estimate of drug-likeness (QED) is 0.0979. The molecular weight excluding hydrogens is 1770 g/mol. The molecule has 0 fully saturated rings. The number of aromatic nitrogens is 6. The Bertz CT molecular complexity index is 9200. The molecule has 0 aliphatic rings. The smallest absolute Gasteiger partial charge is 0.0541 e. The van der Waals surface area contributed by atoms with E-state index in [9.17, 15) is 0 Å². The van der Waals surface area contributed by atoms with E-state index in [-0.39, 0.29) is 0 Å². The first-order valence-corrected chi connectivity index (χ1v) is 50.4. The predicted molar refractivity (Wildman–Crippen MR) is 617 cm³/mol.